The molecule has 37 heavy (non-hydrogen) atoms. The minimum atomic E-state index is -1.72. The van der Waals surface area contributed by atoms with Gasteiger partial charge < -0.3 is 42.0 Å². The molecule has 13 nitrogen and oxygen atoms in total. The molecule has 1 aromatic heterocycles. The lowest BCUT2D eigenvalue weighted by atomic mass is 9.99. The number of rotatable bonds is 13. The zero-order valence-corrected chi connectivity index (χ0v) is 20.7. The molecular weight excluding hydrogens is 486 g/mol. The molecule has 2 aromatic rings. The number of aromatic amines is 1. The number of para-hydroxylation sites is 1. The van der Waals surface area contributed by atoms with Crippen LogP contribution in [0.15, 0.2) is 30.5 Å². The van der Waals surface area contributed by atoms with Crippen molar-refractivity contribution in [2.24, 2.45) is 11.7 Å². The van der Waals surface area contributed by atoms with E-state index in [0.29, 0.717) is 5.56 Å². The first-order valence-corrected chi connectivity index (χ1v) is 11.7. The van der Waals surface area contributed by atoms with Gasteiger partial charge in [0.05, 0.1) is 12.5 Å². The van der Waals surface area contributed by atoms with Gasteiger partial charge in [-0.05, 0) is 24.5 Å². The molecule has 1 heterocycles. The second-order valence-electron chi connectivity index (χ2n) is 9.12. The Kier molecular flexibility index (Phi) is 10.1. The van der Waals surface area contributed by atoms with E-state index in [2.05, 4.69) is 20.9 Å². The van der Waals surface area contributed by atoms with Crippen molar-refractivity contribution in [2.75, 3.05) is 0 Å². The lowest BCUT2D eigenvalue weighted by Crippen LogP contribution is -2.59. The number of aliphatic hydroxyl groups is 1. The standard InChI is InChI=1S/C24H33N5O8/c1-11(2)20(29-22(34)19(25)12(3)30)23(35)27-16(21(33)28-17(24(36)37)9-18(31)32)8-13-10-26-15-7-5-4-6-14(13)15/h4-7,10-12,16-17,19-20,26,30H,8-9,25H2,1-3H3,(H,27,35)(H,28,33)(H,29,34)(H,31,32)(H,36,37). The predicted molar refractivity (Wildman–Crippen MR) is 132 cm³/mol. The summed E-state index contributed by atoms with van der Waals surface area (Å²) in [5.41, 5.74) is 7.08. The molecule has 0 saturated carbocycles. The van der Waals surface area contributed by atoms with Crippen LogP contribution >= 0.6 is 0 Å². The third kappa shape index (κ3) is 8.02. The number of aromatic nitrogens is 1. The molecule has 0 spiro atoms. The number of fused-ring (bicyclic) bond motifs is 1. The van der Waals surface area contributed by atoms with Gasteiger partial charge in [0.15, 0.2) is 0 Å². The molecule has 0 aliphatic rings. The number of nitrogens with one attached hydrogen (secondary N) is 4. The fourth-order valence-corrected chi connectivity index (χ4v) is 3.64. The lowest BCUT2D eigenvalue weighted by Gasteiger charge is -2.27. The number of carboxylic acids is 2. The van der Waals surface area contributed by atoms with Gasteiger partial charge in [0, 0.05) is 23.5 Å². The van der Waals surface area contributed by atoms with E-state index < -0.39 is 72.3 Å². The molecule has 0 fully saturated rings. The Morgan fingerprint density at radius 2 is 1.54 bits per heavy atom. The van der Waals surface area contributed by atoms with Crippen LogP contribution in [0.3, 0.4) is 0 Å². The quantitative estimate of drug-likeness (QED) is 0.164. The Bertz CT molecular complexity index is 1150. The third-order valence-corrected chi connectivity index (χ3v) is 5.79. The Hall–Kier alpha value is -3.97. The SMILES string of the molecule is CC(C)C(NC(=O)C(N)C(C)O)C(=O)NC(Cc1c[nH]c2ccccc12)C(=O)NC(CC(=O)O)C(=O)O. The normalized spacial score (nSPS) is 15.3. The van der Waals surface area contributed by atoms with Crippen LogP contribution in [0.25, 0.3) is 10.9 Å². The molecule has 0 saturated heterocycles. The zero-order chi connectivity index (χ0) is 27.9. The minimum Gasteiger partial charge on any atom is -0.481 e. The van der Waals surface area contributed by atoms with E-state index in [-0.39, 0.29) is 6.42 Å². The largest absolute Gasteiger partial charge is 0.481 e. The Balaban J connectivity index is 2.33. The van der Waals surface area contributed by atoms with Crippen molar-refractivity contribution in [1.29, 1.82) is 0 Å². The Morgan fingerprint density at radius 3 is 2.11 bits per heavy atom. The van der Waals surface area contributed by atoms with Crippen LogP contribution in [0.5, 0.6) is 0 Å². The maximum absolute atomic E-state index is 13.2. The second-order valence-corrected chi connectivity index (χ2v) is 9.12. The minimum absolute atomic E-state index is 0.0626. The first-order chi connectivity index (χ1) is 17.3. The first kappa shape index (κ1) is 29.3. The smallest absolute Gasteiger partial charge is 0.326 e. The van der Waals surface area contributed by atoms with Gasteiger partial charge in [0.2, 0.25) is 17.7 Å². The van der Waals surface area contributed by atoms with E-state index in [1.165, 1.54) is 6.92 Å². The lowest BCUT2D eigenvalue weighted by molar-refractivity contribution is -0.147. The summed E-state index contributed by atoms with van der Waals surface area (Å²) in [6.45, 7) is 4.63. The van der Waals surface area contributed by atoms with Crippen LogP contribution in [0.1, 0.15) is 32.8 Å². The summed E-state index contributed by atoms with van der Waals surface area (Å²) in [4.78, 5) is 64.3. The summed E-state index contributed by atoms with van der Waals surface area (Å²) >= 11 is 0. The number of hydrogen-bond acceptors (Lipinski definition) is 7. The van der Waals surface area contributed by atoms with E-state index in [9.17, 15) is 34.2 Å². The fourth-order valence-electron chi connectivity index (χ4n) is 3.64. The Morgan fingerprint density at radius 1 is 0.919 bits per heavy atom. The zero-order valence-electron chi connectivity index (χ0n) is 20.7. The number of amides is 3. The molecule has 5 atom stereocenters. The summed E-state index contributed by atoms with van der Waals surface area (Å²) in [5, 5.41) is 35.9. The summed E-state index contributed by atoms with van der Waals surface area (Å²) in [7, 11) is 0. The monoisotopic (exact) mass is 519 g/mol. The maximum Gasteiger partial charge on any atom is 0.326 e. The summed E-state index contributed by atoms with van der Waals surface area (Å²) in [5.74, 6) is -5.85. The Labute approximate surface area is 212 Å². The van der Waals surface area contributed by atoms with E-state index in [0.717, 1.165) is 10.9 Å². The van der Waals surface area contributed by atoms with Crippen LogP contribution < -0.4 is 21.7 Å². The van der Waals surface area contributed by atoms with Gasteiger partial charge in [-0.15, -0.1) is 0 Å². The number of nitrogens with two attached hydrogens (primary N) is 1. The van der Waals surface area contributed by atoms with Crippen molar-refractivity contribution < 1.29 is 39.3 Å². The summed E-state index contributed by atoms with van der Waals surface area (Å²) in [6.07, 6.45) is -0.450. The van der Waals surface area contributed by atoms with Gasteiger partial charge in [-0.3, -0.25) is 19.2 Å². The molecule has 1 aromatic carbocycles. The fraction of sp³-hybridized carbons (Fsp3) is 0.458. The van der Waals surface area contributed by atoms with Crippen LogP contribution in [0.4, 0.5) is 0 Å². The molecule has 9 N–H and O–H groups in total. The molecule has 5 unspecified atom stereocenters. The molecular formula is C24H33N5O8. The van der Waals surface area contributed by atoms with Gasteiger partial charge >= 0.3 is 11.9 Å². The van der Waals surface area contributed by atoms with E-state index >= 15 is 0 Å². The van der Waals surface area contributed by atoms with E-state index in [4.69, 9.17) is 10.8 Å². The molecule has 2 rings (SSSR count). The van der Waals surface area contributed by atoms with Crippen molar-refractivity contribution in [3.05, 3.63) is 36.0 Å². The van der Waals surface area contributed by atoms with Gasteiger partial charge in [0.1, 0.15) is 24.2 Å². The van der Waals surface area contributed by atoms with E-state index in [1.807, 2.05) is 12.1 Å². The predicted octanol–water partition coefficient (Wildman–Crippen LogP) is -0.912. The number of carboxylic acid groups (broad SMARTS) is 2. The highest BCUT2D eigenvalue weighted by atomic mass is 16.4. The van der Waals surface area contributed by atoms with Crippen molar-refractivity contribution in [1.82, 2.24) is 20.9 Å². The molecule has 0 aliphatic heterocycles. The van der Waals surface area contributed by atoms with Crippen LogP contribution in [-0.4, -0.2) is 80.2 Å². The van der Waals surface area contributed by atoms with Gasteiger partial charge in [-0.1, -0.05) is 32.0 Å². The van der Waals surface area contributed by atoms with Crippen molar-refractivity contribution in [2.45, 2.75) is 63.9 Å². The average molecular weight is 520 g/mol. The summed E-state index contributed by atoms with van der Waals surface area (Å²) < 4.78 is 0. The number of carbonyl (C=O) groups is 5. The maximum atomic E-state index is 13.2. The third-order valence-electron chi connectivity index (χ3n) is 5.79. The molecule has 0 aliphatic carbocycles. The van der Waals surface area contributed by atoms with Crippen LogP contribution in [0.2, 0.25) is 0 Å². The van der Waals surface area contributed by atoms with Crippen LogP contribution in [-0.2, 0) is 30.4 Å². The number of aliphatic carboxylic acids is 2. The second kappa shape index (κ2) is 12.8. The molecule has 13 heteroatoms. The number of carbonyl (C=O) groups excluding carboxylic acids is 3. The number of aliphatic hydroxyl groups excluding tert-OH is 1. The number of H-pyrrole nitrogens is 1. The highest BCUT2D eigenvalue weighted by Crippen LogP contribution is 2.19. The molecule has 3 amide bonds. The molecule has 202 valence electrons. The van der Waals surface area contributed by atoms with Crippen molar-refractivity contribution >= 4 is 40.6 Å². The van der Waals surface area contributed by atoms with Gasteiger partial charge in [0.25, 0.3) is 0 Å². The first-order valence-electron chi connectivity index (χ1n) is 11.7. The summed E-state index contributed by atoms with van der Waals surface area (Å²) in [6, 6.07) is 1.76. The van der Waals surface area contributed by atoms with E-state index in [1.54, 1.807) is 32.2 Å². The average Bonchev–Trinajstić information content (AvgIpc) is 3.22. The van der Waals surface area contributed by atoms with Gasteiger partial charge in [-0.2, -0.15) is 0 Å². The molecule has 0 bridgehead atoms. The highest BCUT2D eigenvalue weighted by Gasteiger charge is 2.33. The number of hydrogen-bond donors (Lipinski definition) is 8. The number of benzene rings is 1. The van der Waals surface area contributed by atoms with Crippen molar-refractivity contribution in [3.63, 3.8) is 0 Å². The van der Waals surface area contributed by atoms with Gasteiger partial charge in [-0.25, -0.2) is 4.79 Å². The highest BCUT2D eigenvalue weighted by molar-refractivity contribution is 5.95. The van der Waals surface area contributed by atoms with Crippen LogP contribution in [0, 0.1) is 5.92 Å². The van der Waals surface area contributed by atoms with Crippen molar-refractivity contribution in [3.8, 4) is 0 Å². The molecule has 0 radical (unpaired) electrons. The topological polar surface area (TPSA) is 224 Å².